The third kappa shape index (κ3) is 2.62. The molecule has 1 aromatic carbocycles. The number of carbonyl (C=O) groups is 1. The van der Waals surface area contributed by atoms with Crippen molar-refractivity contribution in [3.8, 4) is 11.5 Å². The highest BCUT2D eigenvalue weighted by Gasteiger charge is 2.18. The molecule has 0 saturated heterocycles. The first kappa shape index (κ1) is 14.0. The van der Waals surface area contributed by atoms with E-state index < -0.39 is 5.97 Å². The maximum Gasteiger partial charge on any atom is 0.347 e. The summed E-state index contributed by atoms with van der Waals surface area (Å²) in [5, 5.41) is 9.98. The van der Waals surface area contributed by atoms with Crippen LogP contribution >= 0.6 is 22.9 Å². The van der Waals surface area contributed by atoms with E-state index in [-0.39, 0.29) is 9.90 Å². The van der Waals surface area contributed by atoms with Gasteiger partial charge in [-0.2, -0.15) is 0 Å². The van der Waals surface area contributed by atoms with Gasteiger partial charge in [0.2, 0.25) is 0 Å². The maximum atomic E-state index is 11.1. The molecule has 0 amide bonds. The zero-order valence-electron chi connectivity index (χ0n) is 10.5. The number of rotatable bonds is 5. The van der Waals surface area contributed by atoms with E-state index in [0.717, 1.165) is 22.5 Å². The number of hydrogen-bond acceptors (Lipinski definition) is 4. The van der Waals surface area contributed by atoms with Gasteiger partial charge in [0.25, 0.3) is 0 Å². The van der Waals surface area contributed by atoms with Crippen molar-refractivity contribution in [2.45, 2.75) is 13.3 Å². The second kappa shape index (κ2) is 5.67. The van der Waals surface area contributed by atoms with E-state index in [9.17, 15) is 4.79 Å². The van der Waals surface area contributed by atoms with Gasteiger partial charge in [0.1, 0.15) is 4.88 Å². The summed E-state index contributed by atoms with van der Waals surface area (Å²) in [5.74, 6) is 0.130. The summed E-state index contributed by atoms with van der Waals surface area (Å²) < 4.78 is 11.6. The number of halogens is 1. The summed E-state index contributed by atoms with van der Waals surface area (Å²) in [7, 11) is 1.54. The molecule has 0 spiro atoms. The minimum atomic E-state index is -1.03. The van der Waals surface area contributed by atoms with Crippen molar-refractivity contribution in [3.05, 3.63) is 22.0 Å². The fourth-order valence-electron chi connectivity index (χ4n) is 1.70. The molecule has 0 bridgehead atoms. The van der Waals surface area contributed by atoms with Crippen LogP contribution in [0, 0.1) is 0 Å². The van der Waals surface area contributed by atoms with Gasteiger partial charge >= 0.3 is 5.97 Å². The predicted octanol–water partition coefficient (Wildman–Crippen LogP) is 4.05. The highest BCUT2D eigenvalue weighted by Crippen LogP contribution is 2.41. The summed E-state index contributed by atoms with van der Waals surface area (Å²) in [6.45, 7) is 2.59. The first-order valence-corrected chi connectivity index (χ1v) is 6.94. The molecule has 2 rings (SSSR count). The molecule has 4 nitrogen and oxygen atoms in total. The second-order valence-corrected chi connectivity index (χ2v) is 5.33. The molecule has 0 unspecified atom stereocenters. The molecule has 1 heterocycles. The fraction of sp³-hybridized carbons (Fsp3) is 0.308. The number of carboxylic acid groups (broad SMARTS) is 1. The Labute approximate surface area is 119 Å². The molecule has 0 atom stereocenters. The second-order valence-electron chi connectivity index (χ2n) is 3.90. The van der Waals surface area contributed by atoms with E-state index in [1.807, 2.05) is 6.92 Å². The Hall–Kier alpha value is -1.46. The number of carboxylic acids is 1. The lowest BCUT2D eigenvalue weighted by atomic mass is 10.2. The topological polar surface area (TPSA) is 55.8 Å². The first-order chi connectivity index (χ1) is 9.08. The molecule has 0 aliphatic heterocycles. The molecule has 19 heavy (non-hydrogen) atoms. The quantitative estimate of drug-likeness (QED) is 0.905. The smallest absolute Gasteiger partial charge is 0.347 e. The summed E-state index contributed by atoms with van der Waals surface area (Å²) in [5.41, 5.74) is 0. The van der Waals surface area contributed by atoms with Gasteiger partial charge in [-0.05, 0) is 12.5 Å². The third-order valence-electron chi connectivity index (χ3n) is 2.57. The van der Waals surface area contributed by atoms with E-state index in [1.54, 1.807) is 19.2 Å². The molecule has 102 valence electrons. The van der Waals surface area contributed by atoms with E-state index in [4.69, 9.17) is 26.2 Å². The SMILES string of the molecule is CCCOc1cc2sc(C(=O)O)c(Cl)c2cc1OC. The highest BCUT2D eigenvalue weighted by molar-refractivity contribution is 7.21. The lowest BCUT2D eigenvalue weighted by Crippen LogP contribution is -1.97. The average molecular weight is 301 g/mol. The fourth-order valence-corrected chi connectivity index (χ4v) is 3.05. The third-order valence-corrected chi connectivity index (χ3v) is 4.21. The Morgan fingerprint density at radius 2 is 2.16 bits per heavy atom. The van der Waals surface area contributed by atoms with Gasteiger partial charge in [-0.15, -0.1) is 11.3 Å². The Bertz CT molecular complexity index is 621. The summed E-state index contributed by atoms with van der Waals surface area (Å²) in [6.07, 6.45) is 0.882. The number of fused-ring (bicyclic) bond motifs is 1. The number of thiophene rings is 1. The summed E-state index contributed by atoms with van der Waals surface area (Å²) in [6, 6.07) is 3.48. The number of methoxy groups -OCH3 is 1. The zero-order valence-corrected chi connectivity index (χ0v) is 12.1. The van der Waals surface area contributed by atoms with E-state index in [1.165, 1.54) is 0 Å². The summed E-state index contributed by atoms with van der Waals surface area (Å²) in [4.78, 5) is 11.2. The lowest BCUT2D eigenvalue weighted by molar-refractivity contribution is 0.0702. The van der Waals surface area contributed by atoms with E-state index >= 15 is 0 Å². The van der Waals surface area contributed by atoms with Crippen LogP contribution in [0.2, 0.25) is 5.02 Å². The van der Waals surface area contributed by atoms with E-state index in [2.05, 4.69) is 0 Å². The van der Waals surface area contributed by atoms with Gasteiger partial charge in [-0.1, -0.05) is 18.5 Å². The van der Waals surface area contributed by atoms with Crippen molar-refractivity contribution in [3.63, 3.8) is 0 Å². The molecule has 0 fully saturated rings. The van der Waals surface area contributed by atoms with Crippen LogP contribution in [0.5, 0.6) is 11.5 Å². The van der Waals surface area contributed by atoms with E-state index in [0.29, 0.717) is 23.5 Å². The maximum absolute atomic E-state index is 11.1. The summed E-state index contributed by atoms with van der Waals surface area (Å²) >= 11 is 7.20. The van der Waals surface area contributed by atoms with Crippen LogP contribution in [0.1, 0.15) is 23.0 Å². The molecule has 1 aromatic heterocycles. The lowest BCUT2D eigenvalue weighted by Gasteiger charge is -2.10. The van der Waals surface area contributed by atoms with Crippen LogP contribution in [0.15, 0.2) is 12.1 Å². The Morgan fingerprint density at radius 1 is 1.42 bits per heavy atom. The molecule has 0 aliphatic rings. The zero-order chi connectivity index (χ0) is 14.0. The average Bonchev–Trinajstić information content (AvgIpc) is 2.72. The van der Waals surface area contributed by atoms with Gasteiger partial charge in [0, 0.05) is 16.2 Å². The Kier molecular flexibility index (Phi) is 4.17. The molecule has 1 N–H and O–H groups in total. The van der Waals surface area contributed by atoms with Crippen LogP contribution in [0.4, 0.5) is 0 Å². The molecular weight excluding hydrogens is 288 g/mol. The van der Waals surface area contributed by atoms with Crippen molar-refractivity contribution < 1.29 is 19.4 Å². The highest BCUT2D eigenvalue weighted by atomic mass is 35.5. The van der Waals surface area contributed by atoms with Crippen LogP contribution in [-0.2, 0) is 0 Å². The van der Waals surface area contributed by atoms with Crippen molar-refractivity contribution in [1.82, 2.24) is 0 Å². The number of hydrogen-bond donors (Lipinski definition) is 1. The van der Waals surface area contributed by atoms with Crippen molar-refractivity contribution in [1.29, 1.82) is 0 Å². The first-order valence-electron chi connectivity index (χ1n) is 5.74. The predicted molar refractivity (Wildman–Crippen MR) is 76.1 cm³/mol. The van der Waals surface area contributed by atoms with Crippen LogP contribution < -0.4 is 9.47 Å². The van der Waals surface area contributed by atoms with Gasteiger partial charge in [-0.3, -0.25) is 0 Å². The number of ether oxygens (including phenoxy) is 2. The normalized spacial score (nSPS) is 10.7. The van der Waals surface area contributed by atoms with Crippen molar-refractivity contribution in [2.75, 3.05) is 13.7 Å². The molecule has 0 aliphatic carbocycles. The standard InChI is InChI=1S/C13H13ClO4S/c1-3-4-18-9-6-10-7(5-8(9)17-2)11(14)12(19-10)13(15)16/h5-6H,3-4H2,1-2H3,(H,15,16). The minimum Gasteiger partial charge on any atom is -0.493 e. The Morgan fingerprint density at radius 3 is 2.74 bits per heavy atom. The van der Waals surface area contributed by atoms with Gasteiger partial charge in [0.15, 0.2) is 11.5 Å². The van der Waals surface area contributed by atoms with Crippen molar-refractivity contribution >= 4 is 39.0 Å². The molecule has 6 heteroatoms. The largest absolute Gasteiger partial charge is 0.493 e. The molecule has 0 radical (unpaired) electrons. The van der Waals surface area contributed by atoms with Crippen LogP contribution in [0.25, 0.3) is 10.1 Å². The Balaban J connectivity index is 2.57. The number of benzene rings is 1. The van der Waals surface area contributed by atoms with Gasteiger partial charge < -0.3 is 14.6 Å². The van der Waals surface area contributed by atoms with Crippen molar-refractivity contribution in [2.24, 2.45) is 0 Å². The van der Waals surface area contributed by atoms with Crippen LogP contribution in [-0.4, -0.2) is 24.8 Å². The number of aromatic carboxylic acids is 1. The molecule has 2 aromatic rings. The molecular formula is C13H13ClO4S. The monoisotopic (exact) mass is 300 g/mol. The minimum absolute atomic E-state index is 0.131. The van der Waals surface area contributed by atoms with Gasteiger partial charge in [-0.25, -0.2) is 4.79 Å². The molecule has 0 saturated carbocycles. The van der Waals surface area contributed by atoms with Gasteiger partial charge in [0.05, 0.1) is 18.7 Å². The van der Waals surface area contributed by atoms with Crippen LogP contribution in [0.3, 0.4) is 0 Å².